The van der Waals surface area contributed by atoms with Gasteiger partial charge >= 0.3 is 5.97 Å². The number of rotatable bonds is 6. The molecule has 0 aliphatic carbocycles. The Morgan fingerprint density at radius 2 is 2.07 bits per heavy atom. The molecule has 2 aliphatic rings. The Labute approximate surface area is 160 Å². The highest BCUT2D eigenvalue weighted by atomic mass is 16.5. The molecule has 1 aromatic carbocycles. The molecular weight excluding hydrogens is 340 g/mol. The van der Waals surface area contributed by atoms with Crippen molar-refractivity contribution < 1.29 is 14.1 Å². The summed E-state index contributed by atoms with van der Waals surface area (Å²) in [6.45, 7) is 7.22. The van der Waals surface area contributed by atoms with Crippen molar-refractivity contribution in [2.75, 3.05) is 6.61 Å². The van der Waals surface area contributed by atoms with Gasteiger partial charge in [-0.2, -0.15) is 0 Å². The number of carbonyl (C=O) groups excluding carboxylic acids is 1. The highest BCUT2D eigenvalue weighted by molar-refractivity contribution is 5.78. The predicted molar refractivity (Wildman–Crippen MR) is 103 cm³/mol. The molecule has 3 atom stereocenters. The molecule has 2 bridgehead atoms. The maximum Gasteiger partial charge on any atom is 0.313 e. The van der Waals surface area contributed by atoms with Gasteiger partial charge in [-0.1, -0.05) is 41.9 Å². The Bertz CT molecular complexity index is 813. The van der Waals surface area contributed by atoms with E-state index in [1.165, 1.54) is 5.56 Å². The molecule has 5 heteroatoms. The van der Waals surface area contributed by atoms with Crippen molar-refractivity contribution in [3.05, 3.63) is 41.7 Å². The van der Waals surface area contributed by atoms with Gasteiger partial charge in [-0.25, -0.2) is 0 Å². The zero-order valence-electron chi connectivity index (χ0n) is 16.4. The van der Waals surface area contributed by atoms with Gasteiger partial charge in [-0.05, 0) is 39.5 Å². The van der Waals surface area contributed by atoms with E-state index in [0.29, 0.717) is 19.2 Å². The van der Waals surface area contributed by atoms with Crippen molar-refractivity contribution in [3.8, 4) is 11.3 Å². The summed E-state index contributed by atoms with van der Waals surface area (Å²) in [5, 5.41) is 4.26. The number of aryl methyl sites for hydroxylation is 1. The monoisotopic (exact) mass is 368 g/mol. The number of carbonyl (C=O) groups is 1. The van der Waals surface area contributed by atoms with Gasteiger partial charge in [-0.15, -0.1) is 0 Å². The number of hydrogen-bond donors (Lipinski definition) is 0. The molecule has 27 heavy (non-hydrogen) atoms. The molecule has 5 nitrogen and oxygen atoms in total. The van der Waals surface area contributed by atoms with E-state index in [0.717, 1.165) is 42.7 Å². The van der Waals surface area contributed by atoms with Crippen molar-refractivity contribution >= 4 is 5.97 Å². The average Bonchev–Trinajstić information content (AvgIpc) is 3.37. The second-order valence-electron chi connectivity index (χ2n) is 7.90. The van der Waals surface area contributed by atoms with Gasteiger partial charge < -0.3 is 9.26 Å². The fourth-order valence-corrected chi connectivity index (χ4v) is 4.99. The highest BCUT2D eigenvalue weighted by Gasteiger charge is 2.59. The minimum absolute atomic E-state index is 0.0254. The molecule has 0 radical (unpaired) electrons. The minimum atomic E-state index is -0.362. The Balaban J connectivity index is 1.52. The summed E-state index contributed by atoms with van der Waals surface area (Å²) in [5.74, 6) is 0.834. The van der Waals surface area contributed by atoms with Gasteiger partial charge in [0.15, 0.2) is 5.76 Å². The van der Waals surface area contributed by atoms with Crippen LogP contribution in [0, 0.1) is 12.3 Å². The van der Waals surface area contributed by atoms with Gasteiger partial charge in [0, 0.05) is 23.7 Å². The largest absolute Gasteiger partial charge is 0.466 e. The van der Waals surface area contributed by atoms with Crippen molar-refractivity contribution in [2.45, 2.75) is 65.1 Å². The SMILES string of the molecule is CCOC(=O)[C@@]1(CC)C[C@H]2CC[C@@H]1N2Cc1cc(-c2ccc(C)cc2)no1. The van der Waals surface area contributed by atoms with E-state index in [1.807, 2.05) is 13.0 Å². The fourth-order valence-electron chi connectivity index (χ4n) is 4.99. The minimum Gasteiger partial charge on any atom is -0.466 e. The van der Waals surface area contributed by atoms with Crippen LogP contribution in [0.15, 0.2) is 34.9 Å². The molecule has 1 aromatic heterocycles. The van der Waals surface area contributed by atoms with E-state index >= 15 is 0 Å². The van der Waals surface area contributed by atoms with Crippen LogP contribution >= 0.6 is 0 Å². The number of esters is 1. The molecule has 0 saturated carbocycles. The van der Waals surface area contributed by atoms with E-state index in [2.05, 4.69) is 48.2 Å². The van der Waals surface area contributed by atoms with Crippen LogP contribution in [0.1, 0.15) is 50.9 Å². The molecule has 2 aliphatic heterocycles. The number of hydrogen-bond acceptors (Lipinski definition) is 5. The molecule has 0 unspecified atom stereocenters. The van der Waals surface area contributed by atoms with E-state index < -0.39 is 0 Å². The maximum atomic E-state index is 12.7. The molecule has 0 amide bonds. The molecule has 2 fully saturated rings. The van der Waals surface area contributed by atoms with Crippen molar-refractivity contribution in [3.63, 3.8) is 0 Å². The van der Waals surface area contributed by atoms with E-state index in [-0.39, 0.29) is 17.4 Å². The smallest absolute Gasteiger partial charge is 0.313 e. The highest BCUT2D eigenvalue weighted by Crippen LogP contribution is 2.53. The first kappa shape index (κ1) is 18.2. The third kappa shape index (κ3) is 3.08. The maximum absolute atomic E-state index is 12.7. The second kappa shape index (κ2) is 7.12. The second-order valence-corrected chi connectivity index (χ2v) is 7.90. The number of fused-ring (bicyclic) bond motifs is 2. The summed E-state index contributed by atoms with van der Waals surface area (Å²) in [6.07, 6.45) is 3.92. The molecule has 2 saturated heterocycles. The number of benzene rings is 1. The quantitative estimate of drug-likeness (QED) is 0.710. The summed E-state index contributed by atoms with van der Waals surface area (Å²) < 4.78 is 11.1. The van der Waals surface area contributed by atoms with Gasteiger partial charge in [0.1, 0.15) is 5.69 Å². The lowest BCUT2D eigenvalue weighted by Crippen LogP contribution is -2.43. The number of aromatic nitrogens is 1. The third-order valence-electron chi connectivity index (χ3n) is 6.44. The number of nitrogens with zero attached hydrogens (tertiary/aromatic N) is 2. The molecule has 0 N–H and O–H groups in total. The Kier molecular flexibility index (Phi) is 4.81. The average molecular weight is 368 g/mol. The van der Waals surface area contributed by atoms with Crippen LogP contribution in [-0.2, 0) is 16.1 Å². The summed E-state index contributed by atoms with van der Waals surface area (Å²) in [4.78, 5) is 15.2. The Morgan fingerprint density at radius 1 is 1.30 bits per heavy atom. The Morgan fingerprint density at radius 3 is 2.78 bits per heavy atom. The lowest BCUT2D eigenvalue weighted by Gasteiger charge is -2.34. The number of ether oxygens (including phenoxy) is 1. The first-order valence-corrected chi connectivity index (χ1v) is 10.0. The first-order chi connectivity index (χ1) is 13.1. The van der Waals surface area contributed by atoms with Gasteiger partial charge in [0.2, 0.25) is 0 Å². The Hall–Kier alpha value is -2.14. The van der Waals surface area contributed by atoms with Crippen molar-refractivity contribution in [2.24, 2.45) is 5.41 Å². The normalized spacial score (nSPS) is 27.2. The van der Waals surface area contributed by atoms with E-state index in [9.17, 15) is 4.79 Å². The van der Waals surface area contributed by atoms with Crippen molar-refractivity contribution in [1.82, 2.24) is 10.1 Å². The van der Waals surface area contributed by atoms with Crippen LogP contribution in [0.5, 0.6) is 0 Å². The summed E-state index contributed by atoms with van der Waals surface area (Å²) in [6, 6.07) is 11.0. The predicted octanol–water partition coefficient (Wildman–Crippen LogP) is 4.35. The standard InChI is InChI=1S/C22H28N2O3/c1-4-22(21(25)26-5-2)13-17-10-11-20(22)24(17)14-18-12-19(23-27-18)16-8-6-15(3)7-9-16/h6-9,12,17,20H,4-5,10-11,13-14H2,1-3H3/t17-,20+,22+/m1/s1. The molecular formula is C22H28N2O3. The molecule has 0 spiro atoms. The molecule has 4 rings (SSSR count). The van der Waals surface area contributed by atoms with Crippen LogP contribution in [0.25, 0.3) is 11.3 Å². The van der Waals surface area contributed by atoms with E-state index in [1.54, 1.807) is 0 Å². The lowest BCUT2D eigenvalue weighted by molar-refractivity contribution is -0.157. The van der Waals surface area contributed by atoms with Crippen LogP contribution in [-0.4, -0.2) is 34.7 Å². The van der Waals surface area contributed by atoms with Crippen LogP contribution in [0.2, 0.25) is 0 Å². The zero-order chi connectivity index (χ0) is 19.0. The summed E-state index contributed by atoms with van der Waals surface area (Å²) >= 11 is 0. The topological polar surface area (TPSA) is 55.6 Å². The zero-order valence-corrected chi connectivity index (χ0v) is 16.4. The summed E-state index contributed by atoms with van der Waals surface area (Å²) in [5.41, 5.74) is 2.79. The van der Waals surface area contributed by atoms with Gasteiger partial charge in [-0.3, -0.25) is 9.69 Å². The van der Waals surface area contributed by atoms with Crippen LogP contribution < -0.4 is 0 Å². The summed E-state index contributed by atoms with van der Waals surface area (Å²) in [7, 11) is 0. The van der Waals surface area contributed by atoms with Crippen molar-refractivity contribution in [1.29, 1.82) is 0 Å². The van der Waals surface area contributed by atoms with E-state index in [4.69, 9.17) is 9.26 Å². The van der Waals surface area contributed by atoms with Crippen LogP contribution in [0.4, 0.5) is 0 Å². The first-order valence-electron chi connectivity index (χ1n) is 10.0. The van der Waals surface area contributed by atoms with Gasteiger partial charge in [0.05, 0.1) is 18.6 Å². The van der Waals surface area contributed by atoms with Gasteiger partial charge in [0.25, 0.3) is 0 Å². The third-order valence-corrected chi connectivity index (χ3v) is 6.44. The lowest BCUT2D eigenvalue weighted by atomic mass is 9.72. The fraction of sp³-hybridized carbons (Fsp3) is 0.545. The molecule has 3 heterocycles. The molecule has 2 aromatic rings. The van der Waals surface area contributed by atoms with Crippen LogP contribution in [0.3, 0.4) is 0 Å². The molecule has 144 valence electrons.